The summed E-state index contributed by atoms with van der Waals surface area (Å²) in [6.45, 7) is 1.21. The lowest BCUT2D eigenvalue weighted by molar-refractivity contribution is 0.0695. The van der Waals surface area contributed by atoms with E-state index in [-0.39, 0.29) is 11.8 Å². The quantitative estimate of drug-likeness (QED) is 0.929. The smallest absolute Gasteiger partial charge is 0.335 e. The Morgan fingerprint density at radius 3 is 2.35 bits per heavy atom. The van der Waals surface area contributed by atoms with Gasteiger partial charge in [0.1, 0.15) is 0 Å². The Hall–Kier alpha value is -2.13. The Labute approximate surface area is 117 Å². The van der Waals surface area contributed by atoms with Crippen LogP contribution in [-0.2, 0) is 4.74 Å². The van der Waals surface area contributed by atoms with Gasteiger partial charge in [0, 0.05) is 11.8 Å². The Balaban J connectivity index is 1.99. The summed E-state index contributed by atoms with van der Waals surface area (Å²) in [7, 11) is 0. The van der Waals surface area contributed by atoms with Crippen LogP contribution in [0.3, 0.4) is 0 Å². The molecular formula is C17H16O3. The summed E-state index contributed by atoms with van der Waals surface area (Å²) < 4.78 is 5.62. The van der Waals surface area contributed by atoms with Gasteiger partial charge >= 0.3 is 5.97 Å². The molecular weight excluding hydrogens is 252 g/mol. The molecule has 3 nitrogen and oxygen atoms in total. The lowest BCUT2D eigenvalue weighted by Gasteiger charge is -2.20. The number of aromatic carboxylic acids is 1. The topological polar surface area (TPSA) is 46.5 Å². The molecule has 1 aliphatic rings. The average molecular weight is 268 g/mol. The first kappa shape index (κ1) is 12.9. The minimum atomic E-state index is -0.876. The van der Waals surface area contributed by atoms with Gasteiger partial charge in [0.25, 0.3) is 0 Å². The molecule has 3 heteroatoms. The Morgan fingerprint density at radius 1 is 0.950 bits per heavy atom. The molecule has 0 bridgehead atoms. The van der Waals surface area contributed by atoms with Crippen LogP contribution < -0.4 is 0 Å². The highest BCUT2D eigenvalue weighted by atomic mass is 16.5. The van der Waals surface area contributed by atoms with E-state index in [1.54, 1.807) is 12.1 Å². The molecule has 1 N–H and O–H groups in total. The van der Waals surface area contributed by atoms with Gasteiger partial charge in [0.15, 0.2) is 0 Å². The molecule has 2 aromatic rings. The van der Waals surface area contributed by atoms with Gasteiger partial charge in [0.05, 0.1) is 18.8 Å². The summed E-state index contributed by atoms with van der Waals surface area (Å²) in [5.41, 5.74) is 2.45. The van der Waals surface area contributed by atoms with Crippen molar-refractivity contribution >= 4 is 5.97 Å². The van der Waals surface area contributed by atoms with E-state index >= 15 is 0 Å². The molecule has 1 fully saturated rings. The molecule has 20 heavy (non-hydrogen) atoms. The molecule has 0 spiro atoms. The Morgan fingerprint density at radius 2 is 1.60 bits per heavy atom. The van der Waals surface area contributed by atoms with E-state index in [1.807, 2.05) is 30.3 Å². The van der Waals surface area contributed by atoms with Gasteiger partial charge in [-0.15, -0.1) is 0 Å². The number of carbonyl (C=O) groups is 1. The number of ether oxygens (including phenoxy) is 1. The van der Waals surface area contributed by atoms with Gasteiger partial charge < -0.3 is 9.84 Å². The van der Waals surface area contributed by atoms with E-state index in [2.05, 4.69) is 12.1 Å². The van der Waals surface area contributed by atoms with E-state index in [4.69, 9.17) is 4.74 Å². The second-order valence-corrected chi connectivity index (χ2v) is 5.05. The maximum Gasteiger partial charge on any atom is 0.335 e. The number of hydrogen-bond acceptors (Lipinski definition) is 2. The summed E-state index contributed by atoms with van der Waals surface area (Å²) in [6, 6.07) is 17.4. The summed E-state index contributed by atoms with van der Waals surface area (Å²) in [4.78, 5) is 11.4. The molecule has 0 radical (unpaired) electrons. The first-order chi connectivity index (χ1) is 9.77. The number of hydrogen-bond donors (Lipinski definition) is 1. The summed E-state index contributed by atoms with van der Waals surface area (Å²) >= 11 is 0. The monoisotopic (exact) mass is 268 g/mol. The van der Waals surface area contributed by atoms with Crippen molar-refractivity contribution in [1.29, 1.82) is 0 Å². The van der Waals surface area contributed by atoms with E-state index in [0.29, 0.717) is 18.8 Å². The predicted octanol–water partition coefficient (Wildman–Crippen LogP) is 3.28. The van der Waals surface area contributed by atoms with Gasteiger partial charge in [-0.05, 0) is 17.2 Å². The van der Waals surface area contributed by atoms with Gasteiger partial charge in [0.2, 0.25) is 0 Å². The van der Waals surface area contributed by atoms with Crippen molar-refractivity contribution in [3.63, 3.8) is 0 Å². The normalized spacial score (nSPS) is 21.8. The third-order valence-electron chi connectivity index (χ3n) is 3.90. The number of carboxylic acid groups (broad SMARTS) is 1. The van der Waals surface area contributed by atoms with Gasteiger partial charge in [-0.3, -0.25) is 0 Å². The maximum absolute atomic E-state index is 11.4. The minimum Gasteiger partial charge on any atom is -0.478 e. The molecule has 102 valence electrons. The molecule has 0 aliphatic carbocycles. The number of carboxylic acids is 1. The van der Waals surface area contributed by atoms with E-state index in [9.17, 15) is 9.90 Å². The van der Waals surface area contributed by atoms with Crippen LogP contribution in [0.5, 0.6) is 0 Å². The van der Waals surface area contributed by atoms with Crippen molar-refractivity contribution in [3.8, 4) is 0 Å². The number of benzene rings is 2. The van der Waals surface area contributed by atoms with E-state index in [1.165, 1.54) is 5.56 Å². The summed E-state index contributed by atoms with van der Waals surface area (Å²) in [5.74, 6) is -0.555. The van der Waals surface area contributed by atoms with E-state index < -0.39 is 5.97 Å². The third-order valence-corrected chi connectivity index (χ3v) is 3.90. The highest BCUT2D eigenvalue weighted by Crippen LogP contribution is 2.39. The highest BCUT2D eigenvalue weighted by molar-refractivity contribution is 5.89. The first-order valence-electron chi connectivity index (χ1n) is 6.72. The molecule has 1 heterocycles. The van der Waals surface area contributed by atoms with Crippen LogP contribution in [0.4, 0.5) is 0 Å². The van der Waals surface area contributed by atoms with Crippen LogP contribution >= 0.6 is 0 Å². The van der Waals surface area contributed by atoms with Crippen LogP contribution in [0.2, 0.25) is 0 Å². The largest absolute Gasteiger partial charge is 0.478 e. The third kappa shape index (κ3) is 2.32. The van der Waals surface area contributed by atoms with Crippen molar-refractivity contribution in [2.45, 2.75) is 11.8 Å². The second-order valence-electron chi connectivity index (χ2n) is 5.05. The van der Waals surface area contributed by atoms with Gasteiger partial charge in [-0.25, -0.2) is 4.79 Å². The van der Waals surface area contributed by atoms with Crippen molar-refractivity contribution in [1.82, 2.24) is 0 Å². The van der Waals surface area contributed by atoms with Crippen LogP contribution in [0.15, 0.2) is 54.6 Å². The SMILES string of the molecule is O=C(O)c1ccccc1C1COCC1c1ccccc1. The lowest BCUT2D eigenvalue weighted by Crippen LogP contribution is -2.13. The predicted molar refractivity (Wildman–Crippen MR) is 76.1 cm³/mol. The zero-order valence-electron chi connectivity index (χ0n) is 11.0. The van der Waals surface area contributed by atoms with Crippen molar-refractivity contribution in [3.05, 3.63) is 71.3 Å². The highest BCUT2D eigenvalue weighted by Gasteiger charge is 2.33. The minimum absolute atomic E-state index is 0.102. The molecule has 0 amide bonds. The van der Waals surface area contributed by atoms with Crippen LogP contribution in [-0.4, -0.2) is 24.3 Å². The van der Waals surface area contributed by atoms with Crippen LogP contribution in [0.1, 0.15) is 33.3 Å². The lowest BCUT2D eigenvalue weighted by atomic mass is 9.82. The maximum atomic E-state index is 11.4. The molecule has 1 saturated heterocycles. The zero-order valence-corrected chi connectivity index (χ0v) is 11.0. The zero-order chi connectivity index (χ0) is 13.9. The average Bonchev–Trinajstić information content (AvgIpc) is 2.97. The van der Waals surface area contributed by atoms with Gasteiger partial charge in [-0.1, -0.05) is 48.5 Å². The molecule has 1 aliphatic heterocycles. The van der Waals surface area contributed by atoms with Crippen LogP contribution in [0, 0.1) is 0 Å². The fourth-order valence-corrected chi connectivity index (χ4v) is 2.90. The second kappa shape index (κ2) is 5.47. The van der Waals surface area contributed by atoms with Gasteiger partial charge in [-0.2, -0.15) is 0 Å². The van der Waals surface area contributed by atoms with Crippen molar-refractivity contribution in [2.24, 2.45) is 0 Å². The molecule has 2 aromatic carbocycles. The summed E-state index contributed by atoms with van der Waals surface area (Å²) in [5, 5.41) is 9.34. The molecule has 3 rings (SSSR count). The molecule has 0 aromatic heterocycles. The Kier molecular flexibility index (Phi) is 3.52. The fraction of sp³-hybridized carbons (Fsp3) is 0.235. The van der Waals surface area contributed by atoms with Crippen LogP contribution in [0.25, 0.3) is 0 Å². The summed E-state index contributed by atoms with van der Waals surface area (Å²) in [6.07, 6.45) is 0. The molecule has 2 atom stereocenters. The standard InChI is InChI=1S/C17H16O3/c18-17(19)14-9-5-4-8-13(14)16-11-20-10-15(16)12-6-2-1-3-7-12/h1-9,15-16H,10-11H2,(H,18,19). The number of rotatable bonds is 3. The van der Waals surface area contributed by atoms with Crippen molar-refractivity contribution in [2.75, 3.05) is 13.2 Å². The first-order valence-corrected chi connectivity index (χ1v) is 6.72. The fourth-order valence-electron chi connectivity index (χ4n) is 2.90. The Bertz CT molecular complexity index is 607. The molecule has 2 unspecified atom stereocenters. The van der Waals surface area contributed by atoms with Crippen molar-refractivity contribution < 1.29 is 14.6 Å². The van der Waals surface area contributed by atoms with E-state index in [0.717, 1.165) is 5.56 Å². The molecule has 0 saturated carbocycles.